The number of hydrogen-bond donors (Lipinski definition) is 0. The van der Waals surface area contributed by atoms with E-state index in [9.17, 15) is 0 Å². The largest absolute Gasteiger partial charge is 0.339 e. The highest BCUT2D eigenvalue weighted by Gasteiger charge is 2.31. The van der Waals surface area contributed by atoms with Crippen molar-refractivity contribution in [2.24, 2.45) is 0 Å². The summed E-state index contributed by atoms with van der Waals surface area (Å²) >= 11 is 0. The topological polar surface area (TPSA) is 72.9 Å². The Hall–Kier alpha value is -1.76. The molecule has 2 aromatic rings. The molecule has 1 fully saturated rings. The summed E-state index contributed by atoms with van der Waals surface area (Å²) in [6, 6.07) is 0.482. The predicted molar refractivity (Wildman–Crippen MR) is 79.6 cm³/mol. The Kier molecular flexibility index (Phi) is 3.44. The van der Waals surface area contributed by atoms with Crippen LogP contribution in [-0.2, 0) is 12.8 Å². The van der Waals surface area contributed by atoms with Gasteiger partial charge >= 0.3 is 0 Å². The van der Waals surface area contributed by atoms with E-state index in [0.717, 1.165) is 56.8 Å². The average Bonchev–Trinajstić information content (AvgIpc) is 3.14. The van der Waals surface area contributed by atoms with Crippen LogP contribution < -0.4 is 0 Å². The number of nitrogens with zero attached hydrogens (tertiary/aromatic N) is 6. The van der Waals surface area contributed by atoms with E-state index in [1.165, 1.54) is 5.69 Å². The normalized spacial score (nSPS) is 23.6. The number of aromatic nitrogens is 5. The second kappa shape index (κ2) is 5.46. The minimum absolute atomic E-state index is 0.303. The number of aryl methyl sites for hydroxylation is 2. The molecule has 0 N–H and O–H groups in total. The van der Waals surface area contributed by atoms with E-state index >= 15 is 0 Å². The van der Waals surface area contributed by atoms with Crippen molar-refractivity contribution in [1.82, 2.24) is 30.0 Å². The van der Waals surface area contributed by atoms with Gasteiger partial charge in [-0.25, -0.2) is 4.68 Å². The molecular formula is C15H22N6O. The van der Waals surface area contributed by atoms with Crippen molar-refractivity contribution in [1.29, 1.82) is 0 Å². The molecule has 1 aliphatic heterocycles. The Morgan fingerprint density at radius 2 is 2.00 bits per heavy atom. The summed E-state index contributed by atoms with van der Waals surface area (Å²) in [5.74, 6) is 1.78. The van der Waals surface area contributed by atoms with Gasteiger partial charge in [0.1, 0.15) is 0 Å². The zero-order chi connectivity index (χ0) is 15.1. The maximum absolute atomic E-state index is 5.38. The van der Waals surface area contributed by atoms with E-state index in [2.05, 4.69) is 37.1 Å². The highest BCUT2D eigenvalue weighted by Crippen LogP contribution is 2.33. The first-order chi connectivity index (χ1) is 10.7. The van der Waals surface area contributed by atoms with Crippen molar-refractivity contribution in [2.75, 3.05) is 20.1 Å². The Balaban J connectivity index is 1.57. The maximum Gasteiger partial charge on any atom is 0.230 e. The first-order valence-corrected chi connectivity index (χ1v) is 8.12. The van der Waals surface area contributed by atoms with Crippen LogP contribution >= 0.6 is 0 Å². The van der Waals surface area contributed by atoms with Gasteiger partial charge in [-0.15, -0.1) is 5.10 Å². The first kappa shape index (κ1) is 13.9. The molecule has 0 aromatic carbocycles. The molecule has 118 valence electrons. The molecule has 4 rings (SSSR count). The smallest absolute Gasteiger partial charge is 0.230 e. The Bertz CT molecular complexity index is 655. The second-order valence-electron chi connectivity index (χ2n) is 6.58. The minimum Gasteiger partial charge on any atom is -0.339 e. The van der Waals surface area contributed by atoms with Crippen molar-refractivity contribution in [2.45, 2.75) is 51.0 Å². The number of fused-ring (bicyclic) bond motifs is 1. The molecule has 2 aliphatic rings. The van der Waals surface area contributed by atoms with Gasteiger partial charge in [-0.1, -0.05) is 10.4 Å². The molecule has 0 bridgehead atoms. The first-order valence-electron chi connectivity index (χ1n) is 8.12. The molecule has 7 nitrogen and oxygen atoms in total. The molecule has 1 atom stereocenters. The van der Waals surface area contributed by atoms with E-state index in [-0.39, 0.29) is 0 Å². The Labute approximate surface area is 129 Å². The van der Waals surface area contributed by atoms with Gasteiger partial charge in [-0.3, -0.25) is 0 Å². The molecule has 0 radical (unpaired) electrons. The van der Waals surface area contributed by atoms with Gasteiger partial charge in [-0.2, -0.15) is 4.98 Å². The van der Waals surface area contributed by atoms with Crippen LogP contribution in [0.1, 0.15) is 54.3 Å². The fourth-order valence-corrected chi connectivity index (χ4v) is 3.62. The zero-order valence-corrected chi connectivity index (χ0v) is 13.2. The molecule has 0 spiro atoms. The highest BCUT2D eigenvalue weighted by molar-refractivity contribution is 5.19. The average molecular weight is 302 g/mol. The van der Waals surface area contributed by atoms with Crippen molar-refractivity contribution in [3.05, 3.63) is 23.1 Å². The zero-order valence-electron chi connectivity index (χ0n) is 13.2. The lowest BCUT2D eigenvalue weighted by Crippen LogP contribution is -2.33. The lowest BCUT2D eigenvalue weighted by molar-refractivity contribution is 0.207. The maximum atomic E-state index is 5.38. The number of rotatable bonds is 2. The number of hydrogen-bond acceptors (Lipinski definition) is 6. The summed E-state index contributed by atoms with van der Waals surface area (Å²) in [7, 11) is 2.18. The summed E-state index contributed by atoms with van der Waals surface area (Å²) in [5.41, 5.74) is 2.44. The summed E-state index contributed by atoms with van der Waals surface area (Å²) in [6.07, 6.45) is 5.18. The van der Waals surface area contributed by atoms with E-state index in [4.69, 9.17) is 4.52 Å². The molecule has 0 saturated carbocycles. The van der Waals surface area contributed by atoms with Gasteiger partial charge in [0, 0.05) is 12.3 Å². The third-order valence-corrected chi connectivity index (χ3v) is 4.97. The van der Waals surface area contributed by atoms with Gasteiger partial charge in [0.25, 0.3) is 0 Å². The van der Waals surface area contributed by atoms with Crippen LogP contribution in [0.5, 0.6) is 0 Å². The van der Waals surface area contributed by atoms with Crippen LogP contribution in [0.4, 0.5) is 0 Å². The molecule has 1 aliphatic carbocycles. The van der Waals surface area contributed by atoms with Crippen molar-refractivity contribution in [3.8, 4) is 0 Å². The van der Waals surface area contributed by atoms with Crippen molar-refractivity contribution >= 4 is 0 Å². The molecule has 3 heterocycles. The molecule has 2 aromatic heterocycles. The molecule has 1 unspecified atom stereocenters. The summed E-state index contributed by atoms with van der Waals surface area (Å²) in [5, 5.41) is 12.8. The van der Waals surface area contributed by atoms with E-state index < -0.39 is 0 Å². The lowest BCUT2D eigenvalue weighted by Gasteiger charge is -2.30. The third kappa shape index (κ3) is 2.43. The predicted octanol–water partition coefficient (Wildman–Crippen LogP) is 1.51. The van der Waals surface area contributed by atoms with Crippen LogP contribution in [0.25, 0.3) is 0 Å². The highest BCUT2D eigenvalue weighted by atomic mass is 16.5. The van der Waals surface area contributed by atoms with Crippen LogP contribution in [0.15, 0.2) is 4.52 Å². The molecule has 1 saturated heterocycles. The molecule has 0 amide bonds. The quantitative estimate of drug-likeness (QED) is 0.837. The van der Waals surface area contributed by atoms with Crippen LogP contribution in [0, 0.1) is 6.92 Å². The molecule has 7 heteroatoms. The van der Waals surface area contributed by atoms with Crippen LogP contribution in [0.2, 0.25) is 0 Å². The van der Waals surface area contributed by atoms with Gasteiger partial charge in [0.05, 0.1) is 17.4 Å². The third-order valence-electron chi connectivity index (χ3n) is 4.97. The second-order valence-corrected chi connectivity index (χ2v) is 6.58. The lowest BCUT2D eigenvalue weighted by atomic mass is 9.89. The fourth-order valence-electron chi connectivity index (χ4n) is 3.62. The Morgan fingerprint density at radius 3 is 2.73 bits per heavy atom. The van der Waals surface area contributed by atoms with Gasteiger partial charge in [0.15, 0.2) is 5.82 Å². The van der Waals surface area contributed by atoms with Gasteiger partial charge < -0.3 is 9.42 Å². The van der Waals surface area contributed by atoms with Crippen molar-refractivity contribution < 1.29 is 4.52 Å². The van der Waals surface area contributed by atoms with Crippen molar-refractivity contribution in [3.63, 3.8) is 0 Å². The van der Waals surface area contributed by atoms with Crippen LogP contribution in [0.3, 0.4) is 0 Å². The summed E-state index contributed by atoms with van der Waals surface area (Å²) < 4.78 is 7.56. The monoisotopic (exact) mass is 302 g/mol. The SMILES string of the molecule is Cc1noc(C2CCc3nnn(C4CCN(C)CC4)c3C2)n1. The Morgan fingerprint density at radius 1 is 1.18 bits per heavy atom. The number of piperidine rings is 1. The summed E-state index contributed by atoms with van der Waals surface area (Å²) in [4.78, 5) is 6.79. The van der Waals surface area contributed by atoms with Gasteiger partial charge in [-0.05, 0) is 52.7 Å². The molecule has 22 heavy (non-hydrogen) atoms. The fraction of sp³-hybridized carbons (Fsp3) is 0.733. The number of likely N-dealkylation sites (tertiary alicyclic amines) is 1. The van der Waals surface area contributed by atoms with Gasteiger partial charge in [0.2, 0.25) is 5.89 Å². The van der Waals surface area contributed by atoms with E-state index in [0.29, 0.717) is 17.8 Å². The standard InChI is InChI=1S/C15H22N6O/c1-10-16-15(22-18-10)11-3-4-13-14(9-11)21(19-17-13)12-5-7-20(2)8-6-12/h11-12H,3-9H2,1-2H3. The van der Waals surface area contributed by atoms with Crippen LogP contribution in [-0.4, -0.2) is 50.2 Å². The summed E-state index contributed by atoms with van der Waals surface area (Å²) in [6.45, 7) is 4.13. The minimum atomic E-state index is 0.303. The van der Waals surface area contributed by atoms with E-state index in [1.54, 1.807) is 0 Å². The molecular weight excluding hydrogens is 280 g/mol. The van der Waals surface area contributed by atoms with E-state index in [1.807, 2.05) is 6.92 Å².